The first-order chi connectivity index (χ1) is 7.83. The Morgan fingerprint density at radius 2 is 2.19 bits per heavy atom. The van der Waals surface area contributed by atoms with Crippen LogP contribution >= 0.6 is 0 Å². The van der Waals surface area contributed by atoms with E-state index < -0.39 is 6.17 Å². The fourth-order valence-electron chi connectivity index (χ4n) is 1.32. The number of halogens is 1. The molecule has 2 rings (SSSR count). The number of rotatable bonds is 3. The lowest BCUT2D eigenvalue weighted by molar-refractivity contribution is -0.129. The number of nitrogens with one attached hydrogen (secondary N) is 1. The number of carbonyl (C=O) groups is 1. The monoisotopic (exact) mass is 225 g/mol. The molecular weight excluding hydrogens is 209 g/mol. The molecule has 0 radical (unpaired) electrons. The fraction of sp³-hybridized carbons (Fsp3) is 0.417. The van der Waals surface area contributed by atoms with E-state index in [1.165, 1.54) is 0 Å². The highest BCUT2D eigenvalue weighted by atomic mass is 19.1. The van der Waals surface area contributed by atoms with Crippen LogP contribution in [-0.2, 0) is 16.1 Å². The molecule has 1 aliphatic rings. The average molecular weight is 225 g/mol. The normalized spacial score (nSPS) is 18.4. The third kappa shape index (κ3) is 5.46. The van der Waals surface area contributed by atoms with Crippen molar-refractivity contribution in [3.8, 4) is 0 Å². The van der Waals surface area contributed by atoms with Gasteiger partial charge in [-0.1, -0.05) is 30.3 Å². The minimum Gasteiger partial charge on any atom is -0.463 e. The average Bonchev–Trinajstić information content (AvgIpc) is 2.80. The molecule has 1 aromatic carbocycles. The van der Waals surface area contributed by atoms with E-state index in [1.54, 1.807) is 0 Å². The first-order valence-electron chi connectivity index (χ1n) is 5.27. The highest BCUT2D eigenvalue weighted by Crippen LogP contribution is 1.99. The molecule has 4 heteroatoms. The Morgan fingerprint density at radius 3 is 2.62 bits per heavy atom. The van der Waals surface area contributed by atoms with Crippen LogP contribution in [0.15, 0.2) is 30.3 Å². The fourth-order valence-corrected chi connectivity index (χ4v) is 1.32. The molecule has 3 nitrogen and oxygen atoms in total. The smallest absolute Gasteiger partial charge is 0.293 e. The number of ether oxygens (including phenoxy) is 1. The largest absolute Gasteiger partial charge is 0.463 e. The van der Waals surface area contributed by atoms with Crippen molar-refractivity contribution < 1.29 is 13.9 Å². The van der Waals surface area contributed by atoms with Crippen molar-refractivity contribution in [1.29, 1.82) is 0 Å². The predicted octanol–water partition coefficient (Wildman–Crippen LogP) is 1.68. The quantitative estimate of drug-likeness (QED) is 0.795. The predicted molar refractivity (Wildman–Crippen MR) is 59.7 cm³/mol. The Balaban J connectivity index is 0.000000181. The van der Waals surface area contributed by atoms with Crippen LogP contribution in [0.25, 0.3) is 0 Å². The zero-order chi connectivity index (χ0) is 11.6. The molecule has 0 amide bonds. The molecule has 1 N–H and O–H groups in total. The third-order valence-corrected chi connectivity index (χ3v) is 2.16. The maximum Gasteiger partial charge on any atom is 0.293 e. The lowest BCUT2D eigenvalue weighted by atomic mass is 10.2. The first-order valence-corrected chi connectivity index (χ1v) is 5.27. The first kappa shape index (κ1) is 12.6. The number of carbonyl (C=O) groups excluding carboxylic acids is 1. The molecule has 1 heterocycles. The van der Waals surface area contributed by atoms with E-state index in [1.807, 2.05) is 30.3 Å². The van der Waals surface area contributed by atoms with E-state index in [0.717, 1.165) is 12.1 Å². The maximum absolute atomic E-state index is 11.9. The number of hydrogen-bond acceptors (Lipinski definition) is 3. The Kier molecular flexibility index (Phi) is 6.18. The molecule has 1 atom stereocenters. The summed E-state index contributed by atoms with van der Waals surface area (Å²) in [4.78, 5) is 9.76. The van der Waals surface area contributed by atoms with Crippen LogP contribution in [0.3, 0.4) is 0 Å². The van der Waals surface area contributed by atoms with Gasteiger partial charge in [0.25, 0.3) is 6.47 Å². The second-order valence-corrected chi connectivity index (χ2v) is 3.48. The van der Waals surface area contributed by atoms with Crippen LogP contribution in [0.4, 0.5) is 4.39 Å². The van der Waals surface area contributed by atoms with Gasteiger partial charge in [0.15, 0.2) is 0 Å². The molecule has 0 bridgehead atoms. The van der Waals surface area contributed by atoms with Gasteiger partial charge in [0.2, 0.25) is 0 Å². The Bertz CT molecular complexity index is 286. The topological polar surface area (TPSA) is 38.3 Å². The van der Waals surface area contributed by atoms with Crippen molar-refractivity contribution in [1.82, 2.24) is 5.32 Å². The molecule has 88 valence electrons. The van der Waals surface area contributed by atoms with Gasteiger partial charge in [0.05, 0.1) is 0 Å². The Labute approximate surface area is 94.6 Å². The summed E-state index contributed by atoms with van der Waals surface area (Å²) >= 11 is 0. The Hall–Kier alpha value is -1.42. The third-order valence-electron chi connectivity index (χ3n) is 2.16. The van der Waals surface area contributed by atoms with E-state index in [-0.39, 0.29) is 0 Å². The van der Waals surface area contributed by atoms with Gasteiger partial charge in [-0.3, -0.25) is 4.79 Å². The van der Waals surface area contributed by atoms with Crippen LogP contribution in [0.2, 0.25) is 0 Å². The second kappa shape index (κ2) is 7.82. The molecular formula is C12H16FNO2. The van der Waals surface area contributed by atoms with E-state index in [2.05, 4.69) is 10.1 Å². The van der Waals surface area contributed by atoms with Crippen LogP contribution in [0.5, 0.6) is 0 Å². The minimum absolute atomic E-state index is 0.365. The summed E-state index contributed by atoms with van der Waals surface area (Å²) in [6.07, 6.45) is 0.144. The van der Waals surface area contributed by atoms with E-state index >= 15 is 0 Å². The SMILES string of the molecule is F[C@@H]1CCNC1.O=COCc1ccccc1. The molecule has 16 heavy (non-hydrogen) atoms. The second-order valence-electron chi connectivity index (χ2n) is 3.48. The molecule has 0 aromatic heterocycles. The van der Waals surface area contributed by atoms with Gasteiger partial charge in [0, 0.05) is 6.54 Å². The lowest BCUT2D eigenvalue weighted by Gasteiger charge is -1.95. The van der Waals surface area contributed by atoms with E-state index in [9.17, 15) is 9.18 Å². The highest BCUT2D eigenvalue weighted by Gasteiger charge is 2.10. The van der Waals surface area contributed by atoms with Crippen molar-refractivity contribution >= 4 is 6.47 Å². The highest BCUT2D eigenvalue weighted by molar-refractivity contribution is 5.37. The van der Waals surface area contributed by atoms with Crippen LogP contribution in [-0.4, -0.2) is 25.7 Å². The van der Waals surface area contributed by atoms with Crippen molar-refractivity contribution in [3.05, 3.63) is 35.9 Å². The summed E-state index contributed by atoms with van der Waals surface area (Å²) in [6.45, 7) is 2.25. The van der Waals surface area contributed by atoms with Gasteiger partial charge in [-0.15, -0.1) is 0 Å². The Morgan fingerprint density at radius 1 is 1.44 bits per heavy atom. The molecule has 1 aromatic rings. The minimum atomic E-state index is -0.565. The van der Waals surface area contributed by atoms with Gasteiger partial charge < -0.3 is 10.1 Å². The number of alkyl halides is 1. The summed E-state index contributed by atoms with van der Waals surface area (Å²) in [5.74, 6) is 0. The van der Waals surface area contributed by atoms with E-state index in [0.29, 0.717) is 26.0 Å². The zero-order valence-electron chi connectivity index (χ0n) is 9.06. The molecule has 1 fully saturated rings. The van der Waals surface area contributed by atoms with Gasteiger partial charge in [-0.25, -0.2) is 4.39 Å². The summed E-state index contributed by atoms with van der Waals surface area (Å²) < 4.78 is 16.4. The summed E-state index contributed by atoms with van der Waals surface area (Å²) in [5, 5.41) is 2.90. The molecule has 0 aliphatic carbocycles. The van der Waals surface area contributed by atoms with Gasteiger partial charge in [0.1, 0.15) is 12.8 Å². The van der Waals surface area contributed by atoms with Crippen molar-refractivity contribution in [3.63, 3.8) is 0 Å². The van der Waals surface area contributed by atoms with Crippen LogP contribution in [0, 0.1) is 0 Å². The molecule has 0 spiro atoms. The standard InChI is InChI=1S/C8H8O2.C4H8FN/c9-7-10-6-8-4-2-1-3-5-8;5-4-1-2-6-3-4/h1-5,7H,6H2;4,6H,1-3H2/t;4-/m.1/s1. The van der Waals surface area contributed by atoms with Gasteiger partial charge >= 0.3 is 0 Å². The zero-order valence-corrected chi connectivity index (χ0v) is 9.06. The van der Waals surface area contributed by atoms with Crippen LogP contribution in [0.1, 0.15) is 12.0 Å². The summed E-state index contributed by atoms with van der Waals surface area (Å²) in [7, 11) is 0. The van der Waals surface area contributed by atoms with E-state index in [4.69, 9.17) is 0 Å². The molecule has 0 saturated carbocycles. The molecule has 0 unspecified atom stereocenters. The maximum atomic E-state index is 11.9. The van der Waals surface area contributed by atoms with Gasteiger partial charge in [-0.05, 0) is 18.5 Å². The summed E-state index contributed by atoms with van der Waals surface area (Å²) in [6, 6.07) is 9.55. The van der Waals surface area contributed by atoms with Crippen molar-refractivity contribution in [2.24, 2.45) is 0 Å². The molecule has 1 aliphatic heterocycles. The number of benzene rings is 1. The summed E-state index contributed by atoms with van der Waals surface area (Å²) in [5.41, 5.74) is 1.01. The van der Waals surface area contributed by atoms with Gasteiger partial charge in [-0.2, -0.15) is 0 Å². The lowest BCUT2D eigenvalue weighted by Crippen LogP contribution is -2.08. The number of hydrogen-bond donors (Lipinski definition) is 1. The van der Waals surface area contributed by atoms with Crippen molar-refractivity contribution in [2.45, 2.75) is 19.2 Å². The van der Waals surface area contributed by atoms with Crippen molar-refractivity contribution in [2.75, 3.05) is 13.1 Å². The molecule has 1 saturated heterocycles. The van der Waals surface area contributed by atoms with Crippen LogP contribution < -0.4 is 5.32 Å².